The largest absolute Gasteiger partial charge is 0.355 e. The van der Waals surface area contributed by atoms with E-state index in [0.29, 0.717) is 35.7 Å². The summed E-state index contributed by atoms with van der Waals surface area (Å²) in [5.41, 5.74) is 4.56. The fourth-order valence-corrected chi connectivity index (χ4v) is 4.53. The summed E-state index contributed by atoms with van der Waals surface area (Å²) >= 11 is 1.45. The molecule has 0 aliphatic carbocycles. The second-order valence-electron chi connectivity index (χ2n) is 7.68. The zero-order chi connectivity index (χ0) is 22.6. The molecule has 33 heavy (non-hydrogen) atoms. The molecule has 0 aliphatic heterocycles. The van der Waals surface area contributed by atoms with Gasteiger partial charge in [0.1, 0.15) is 5.82 Å². The molecule has 0 saturated heterocycles. The summed E-state index contributed by atoms with van der Waals surface area (Å²) in [6, 6.07) is 24.7. The zero-order valence-corrected chi connectivity index (χ0v) is 18.6. The van der Waals surface area contributed by atoms with E-state index in [1.165, 1.54) is 17.4 Å². The number of aromatic nitrogens is 3. The fraction of sp³-hybridized carbons (Fsp3) is 0.115. The van der Waals surface area contributed by atoms with Crippen molar-refractivity contribution in [2.45, 2.75) is 12.8 Å². The van der Waals surface area contributed by atoms with Gasteiger partial charge in [-0.15, -0.1) is 16.4 Å². The number of nitrogens with zero attached hydrogens (tertiary/aromatic N) is 3. The Hall–Kier alpha value is -3.84. The molecule has 5 aromatic rings. The van der Waals surface area contributed by atoms with E-state index in [-0.39, 0.29) is 11.7 Å². The molecule has 0 aliphatic rings. The second kappa shape index (κ2) is 9.34. The first-order chi connectivity index (χ1) is 16.2. The number of rotatable bonds is 7. The normalized spacial score (nSPS) is 11.1. The lowest BCUT2D eigenvalue weighted by Gasteiger charge is -2.06. The van der Waals surface area contributed by atoms with E-state index in [1.807, 2.05) is 47.8 Å². The maximum Gasteiger partial charge on any atom is 0.224 e. The SMILES string of the molecule is O=C(Cc1ccc(-c2ccccc2)cc1)NCCc1csc2nc(-c3ccccc3F)nn12. The average Bonchev–Trinajstić information content (AvgIpc) is 3.42. The maximum absolute atomic E-state index is 14.1. The van der Waals surface area contributed by atoms with Crippen LogP contribution >= 0.6 is 11.3 Å². The van der Waals surface area contributed by atoms with Crippen LogP contribution in [0.3, 0.4) is 0 Å². The van der Waals surface area contributed by atoms with E-state index in [0.717, 1.165) is 22.4 Å². The lowest BCUT2D eigenvalue weighted by molar-refractivity contribution is -0.120. The van der Waals surface area contributed by atoms with Gasteiger partial charge in [-0.3, -0.25) is 4.79 Å². The number of halogens is 1. The molecule has 0 atom stereocenters. The van der Waals surface area contributed by atoms with Crippen LogP contribution in [0.4, 0.5) is 4.39 Å². The van der Waals surface area contributed by atoms with Crippen LogP contribution in [0.15, 0.2) is 84.2 Å². The second-order valence-corrected chi connectivity index (χ2v) is 8.51. The third kappa shape index (κ3) is 4.68. The Morgan fingerprint density at radius 2 is 1.67 bits per heavy atom. The van der Waals surface area contributed by atoms with Gasteiger partial charge in [-0.05, 0) is 28.8 Å². The minimum absolute atomic E-state index is 0.0282. The number of benzene rings is 3. The van der Waals surface area contributed by atoms with Crippen LogP contribution in [0, 0.1) is 5.82 Å². The van der Waals surface area contributed by atoms with E-state index in [2.05, 4.69) is 27.5 Å². The molecule has 2 aromatic heterocycles. The van der Waals surface area contributed by atoms with Gasteiger partial charge in [-0.25, -0.2) is 8.91 Å². The zero-order valence-electron chi connectivity index (χ0n) is 17.7. The molecule has 0 saturated carbocycles. The Morgan fingerprint density at radius 1 is 0.939 bits per heavy atom. The lowest BCUT2D eigenvalue weighted by Crippen LogP contribution is -2.27. The molecule has 0 bridgehead atoms. The van der Waals surface area contributed by atoms with Crippen molar-refractivity contribution in [3.8, 4) is 22.5 Å². The van der Waals surface area contributed by atoms with E-state index in [4.69, 9.17) is 0 Å². The van der Waals surface area contributed by atoms with E-state index in [9.17, 15) is 9.18 Å². The number of hydrogen-bond donors (Lipinski definition) is 1. The van der Waals surface area contributed by atoms with E-state index >= 15 is 0 Å². The molecular weight excluding hydrogens is 435 g/mol. The van der Waals surface area contributed by atoms with Crippen LogP contribution in [-0.4, -0.2) is 27.0 Å². The van der Waals surface area contributed by atoms with Crippen LogP contribution < -0.4 is 5.32 Å². The average molecular weight is 457 g/mol. The van der Waals surface area contributed by atoms with Gasteiger partial charge >= 0.3 is 0 Å². The van der Waals surface area contributed by atoms with E-state index in [1.54, 1.807) is 22.7 Å². The van der Waals surface area contributed by atoms with Crippen LogP contribution in [0.2, 0.25) is 0 Å². The first kappa shape index (κ1) is 21.0. The molecule has 1 amide bonds. The van der Waals surface area contributed by atoms with Crippen LogP contribution in [0.25, 0.3) is 27.5 Å². The van der Waals surface area contributed by atoms with Gasteiger partial charge in [-0.2, -0.15) is 4.98 Å². The Bertz CT molecular complexity index is 1390. The molecule has 0 fully saturated rings. The molecular formula is C26H21FN4OS. The van der Waals surface area contributed by atoms with Gasteiger partial charge in [0, 0.05) is 18.3 Å². The van der Waals surface area contributed by atoms with Crippen molar-refractivity contribution < 1.29 is 9.18 Å². The van der Waals surface area contributed by atoms with Crippen LogP contribution in [0.5, 0.6) is 0 Å². The molecule has 5 nitrogen and oxygen atoms in total. The molecule has 1 N–H and O–H groups in total. The summed E-state index contributed by atoms with van der Waals surface area (Å²) in [4.78, 5) is 17.5. The summed E-state index contributed by atoms with van der Waals surface area (Å²) in [7, 11) is 0. The molecule has 0 spiro atoms. The van der Waals surface area contributed by atoms with Gasteiger partial charge in [0.2, 0.25) is 10.9 Å². The number of carbonyl (C=O) groups is 1. The Balaban J connectivity index is 1.18. The van der Waals surface area contributed by atoms with Crippen molar-refractivity contribution in [3.63, 3.8) is 0 Å². The highest BCUT2D eigenvalue weighted by Crippen LogP contribution is 2.23. The third-order valence-corrected chi connectivity index (χ3v) is 6.26. The summed E-state index contributed by atoms with van der Waals surface area (Å²) < 4.78 is 15.8. The number of hydrogen-bond acceptors (Lipinski definition) is 4. The van der Waals surface area contributed by atoms with Gasteiger partial charge in [0.15, 0.2) is 5.82 Å². The van der Waals surface area contributed by atoms with Crippen molar-refractivity contribution in [3.05, 3.63) is 101 Å². The topological polar surface area (TPSA) is 59.3 Å². The van der Waals surface area contributed by atoms with Crippen LogP contribution in [-0.2, 0) is 17.6 Å². The Morgan fingerprint density at radius 3 is 2.45 bits per heavy atom. The third-order valence-electron chi connectivity index (χ3n) is 5.39. The summed E-state index contributed by atoms with van der Waals surface area (Å²) in [5.74, 6) is -0.00915. The highest BCUT2D eigenvalue weighted by Gasteiger charge is 2.14. The van der Waals surface area contributed by atoms with Crippen molar-refractivity contribution in [2.75, 3.05) is 6.54 Å². The standard InChI is InChI=1S/C26H21FN4OS/c27-23-9-5-4-8-22(23)25-29-26-31(30-25)21(17-33-26)14-15-28-24(32)16-18-10-12-20(13-11-18)19-6-2-1-3-7-19/h1-13,17H,14-16H2,(H,28,32). The highest BCUT2D eigenvalue weighted by molar-refractivity contribution is 7.15. The van der Waals surface area contributed by atoms with Crippen molar-refractivity contribution in [1.82, 2.24) is 19.9 Å². The number of nitrogens with one attached hydrogen (secondary N) is 1. The lowest BCUT2D eigenvalue weighted by atomic mass is 10.0. The number of thiazole rings is 1. The molecule has 164 valence electrons. The van der Waals surface area contributed by atoms with Crippen LogP contribution in [0.1, 0.15) is 11.3 Å². The van der Waals surface area contributed by atoms with Gasteiger partial charge in [0.25, 0.3) is 0 Å². The summed E-state index contributed by atoms with van der Waals surface area (Å²) in [6.45, 7) is 0.488. The fourth-order valence-electron chi connectivity index (χ4n) is 3.68. The predicted molar refractivity (Wildman–Crippen MR) is 129 cm³/mol. The predicted octanol–water partition coefficient (Wildman–Crippen LogP) is 5.17. The molecule has 2 heterocycles. The number of fused-ring (bicyclic) bond motifs is 1. The van der Waals surface area contributed by atoms with Gasteiger partial charge < -0.3 is 5.32 Å². The molecule has 0 radical (unpaired) electrons. The van der Waals surface area contributed by atoms with Gasteiger partial charge in [0.05, 0.1) is 17.7 Å². The highest BCUT2D eigenvalue weighted by atomic mass is 32.1. The maximum atomic E-state index is 14.1. The smallest absolute Gasteiger partial charge is 0.224 e. The molecule has 5 rings (SSSR count). The van der Waals surface area contributed by atoms with E-state index < -0.39 is 0 Å². The van der Waals surface area contributed by atoms with Crippen molar-refractivity contribution >= 4 is 22.2 Å². The molecule has 7 heteroatoms. The first-order valence-corrected chi connectivity index (χ1v) is 11.5. The van der Waals surface area contributed by atoms with Gasteiger partial charge in [-0.1, -0.05) is 66.7 Å². The number of amides is 1. The monoisotopic (exact) mass is 456 g/mol. The summed E-state index contributed by atoms with van der Waals surface area (Å²) in [6.07, 6.45) is 0.938. The Kier molecular flexibility index (Phi) is 5.95. The molecule has 3 aromatic carbocycles. The number of carbonyl (C=O) groups excluding carboxylic acids is 1. The molecule has 0 unspecified atom stereocenters. The summed E-state index contributed by atoms with van der Waals surface area (Å²) in [5, 5.41) is 9.41. The van der Waals surface area contributed by atoms with Crippen molar-refractivity contribution in [2.24, 2.45) is 0 Å². The first-order valence-electron chi connectivity index (χ1n) is 10.7. The quantitative estimate of drug-likeness (QED) is 0.368. The van der Waals surface area contributed by atoms with Crippen molar-refractivity contribution in [1.29, 1.82) is 0 Å². The minimum atomic E-state index is -0.346. The minimum Gasteiger partial charge on any atom is -0.355 e. The Labute approximate surface area is 194 Å².